The molecule has 0 radical (unpaired) electrons. The highest BCUT2D eigenvalue weighted by molar-refractivity contribution is 5.79. The minimum atomic E-state index is -0.104. The monoisotopic (exact) mass is 337 g/mol. The summed E-state index contributed by atoms with van der Waals surface area (Å²) in [6.07, 6.45) is 7.07. The number of methoxy groups -OCH3 is 1. The quantitative estimate of drug-likeness (QED) is 0.741. The molecule has 1 aromatic carbocycles. The number of hydrogen-bond acceptors (Lipinski definition) is 5. The highest BCUT2D eigenvalue weighted by atomic mass is 16.5. The molecule has 2 aromatic heterocycles. The first-order valence-corrected chi connectivity index (χ1v) is 7.85. The Hall–Kier alpha value is -3.22. The number of aromatic nitrogens is 4. The van der Waals surface area contributed by atoms with Crippen LogP contribution in [0.5, 0.6) is 5.75 Å². The van der Waals surface area contributed by atoms with E-state index in [9.17, 15) is 4.79 Å². The van der Waals surface area contributed by atoms with Gasteiger partial charge in [-0.2, -0.15) is 5.10 Å². The van der Waals surface area contributed by atoms with Gasteiger partial charge in [0.05, 0.1) is 37.7 Å². The van der Waals surface area contributed by atoms with Crippen molar-refractivity contribution in [2.75, 3.05) is 7.11 Å². The summed E-state index contributed by atoms with van der Waals surface area (Å²) in [4.78, 5) is 21.0. The lowest BCUT2D eigenvalue weighted by molar-refractivity contribution is -0.120. The summed E-state index contributed by atoms with van der Waals surface area (Å²) in [7, 11) is 3.44. The van der Waals surface area contributed by atoms with Gasteiger partial charge < -0.3 is 10.1 Å². The van der Waals surface area contributed by atoms with Crippen LogP contribution in [0.3, 0.4) is 0 Å². The summed E-state index contributed by atoms with van der Waals surface area (Å²) >= 11 is 0. The number of nitrogens with zero attached hydrogens (tertiary/aromatic N) is 4. The minimum Gasteiger partial charge on any atom is -0.496 e. The fourth-order valence-electron chi connectivity index (χ4n) is 2.55. The van der Waals surface area contributed by atoms with Crippen molar-refractivity contribution in [1.29, 1.82) is 0 Å². The summed E-state index contributed by atoms with van der Waals surface area (Å²) in [6.45, 7) is 0.298. The summed E-state index contributed by atoms with van der Waals surface area (Å²) in [5.41, 5.74) is 3.12. The number of ether oxygens (including phenoxy) is 1. The Balaban J connectivity index is 1.69. The number of para-hydroxylation sites is 1. The van der Waals surface area contributed by atoms with Crippen LogP contribution in [0.1, 0.15) is 11.3 Å². The lowest BCUT2D eigenvalue weighted by Crippen LogP contribution is -2.25. The topological polar surface area (TPSA) is 81.9 Å². The van der Waals surface area contributed by atoms with E-state index in [1.54, 1.807) is 30.4 Å². The second-order valence-electron chi connectivity index (χ2n) is 5.52. The van der Waals surface area contributed by atoms with Gasteiger partial charge in [-0.15, -0.1) is 0 Å². The Morgan fingerprint density at radius 3 is 2.80 bits per heavy atom. The van der Waals surface area contributed by atoms with Crippen molar-refractivity contribution in [3.05, 3.63) is 60.3 Å². The lowest BCUT2D eigenvalue weighted by atomic mass is 10.1. The number of carbonyl (C=O) groups excluding carboxylic acids is 1. The second-order valence-corrected chi connectivity index (χ2v) is 5.52. The van der Waals surface area contributed by atoms with E-state index >= 15 is 0 Å². The molecule has 0 bridgehead atoms. The first kappa shape index (κ1) is 16.6. The molecule has 7 heteroatoms. The van der Waals surface area contributed by atoms with Crippen molar-refractivity contribution in [2.24, 2.45) is 7.05 Å². The Morgan fingerprint density at radius 1 is 1.24 bits per heavy atom. The molecule has 0 aliphatic carbocycles. The molecule has 128 valence electrons. The molecule has 2 heterocycles. The average Bonchev–Trinajstić information content (AvgIpc) is 3.07. The maximum atomic E-state index is 12.3. The van der Waals surface area contributed by atoms with Crippen molar-refractivity contribution in [2.45, 2.75) is 13.0 Å². The van der Waals surface area contributed by atoms with Crippen molar-refractivity contribution < 1.29 is 9.53 Å². The Kier molecular flexibility index (Phi) is 5.03. The second kappa shape index (κ2) is 7.57. The third kappa shape index (κ3) is 4.00. The highest BCUT2D eigenvalue weighted by Crippen LogP contribution is 2.19. The van der Waals surface area contributed by atoms with Gasteiger partial charge in [-0.25, -0.2) is 0 Å². The third-order valence-electron chi connectivity index (χ3n) is 3.75. The Bertz CT molecular complexity index is 875. The zero-order chi connectivity index (χ0) is 17.6. The number of benzene rings is 1. The van der Waals surface area contributed by atoms with Gasteiger partial charge in [-0.1, -0.05) is 18.2 Å². The number of hydrogen-bond donors (Lipinski definition) is 1. The molecule has 0 atom stereocenters. The fraction of sp³-hybridized carbons (Fsp3) is 0.222. The van der Waals surface area contributed by atoms with Crippen LogP contribution in [-0.4, -0.2) is 32.8 Å². The van der Waals surface area contributed by atoms with Gasteiger partial charge in [0.1, 0.15) is 5.75 Å². The zero-order valence-corrected chi connectivity index (χ0v) is 14.1. The summed E-state index contributed by atoms with van der Waals surface area (Å²) in [6, 6.07) is 7.47. The van der Waals surface area contributed by atoms with E-state index in [1.165, 1.54) is 0 Å². The molecule has 0 saturated carbocycles. The minimum absolute atomic E-state index is 0.104. The van der Waals surface area contributed by atoms with E-state index in [4.69, 9.17) is 4.74 Å². The molecule has 0 aliphatic rings. The maximum absolute atomic E-state index is 12.3. The molecule has 3 rings (SSSR count). The molecule has 1 N–H and O–H groups in total. The number of carbonyl (C=O) groups is 1. The van der Waals surface area contributed by atoms with Gasteiger partial charge in [-0.3, -0.25) is 19.4 Å². The number of aryl methyl sites for hydroxylation is 1. The van der Waals surface area contributed by atoms with E-state index in [0.29, 0.717) is 23.7 Å². The standard InChI is InChI=1S/C18H19N5O2/c1-23-12-14(10-22-23)18-15(19-7-8-20-18)11-21-17(24)9-13-5-3-4-6-16(13)25-2/h3-8,10,12H,9,11H2,1-2H3,(H,21,24). The van der Waals surface area contributed by atoms with Crippen molar-refractivity contribution >= 4 is 5.91 Å². The molecular weight excluding hydrogens is 318 g/mol. The number of amides is 1. The van der Waals surface area contributed by atoms with Crippen molar-refractivity contribution in [3.8, 4) is 17.0 Å². The molecule has 1 amide bonds. The molecule has 7 nitrogen and oxygen atoms in total. The first-order valence-electron chi connectivity index (χ1n) is 7.85. The van der Waals surface area contributed by atoms with Gasteiger partial charge in [0.25, 0.3) is 0 Å². The van der Waals surface area contributed by atoms with E-state index in [0.717, 1.165) is 11.1 Å². The van der Waals surface area contributed by atoms with Gasteiger partial charge in [0, 0.05) is 36.8 Å². The molecule has 0 spiro atoms. The predicted molar refractivity (Wildman–Crippen MR) is 92.8 cm³/mol. The van der Waals surface area contributed by atoms with Crippen LogP contribution < -0.4 is 10.1 Å². The molecule has 0 fully saturated rings. The first-order chi connectivity index (χ1) is 12.2. The maximum Gasteiger partial charge on any atom is 0.224 e. The summed E-state index contributed by atoms with van der Waals surface area (Å²) < 4.78 is 6.98. The Morgan fingerprint density at radius 2 is 2.04 bits per heavy atom. The van der Waals surface area contributed by atoms with Gasteiger partial charge >= 0.3 is 0 Å². The molecular formula is C18H19N5O2. The molecule has 0 aliphatic heterocycles. The van der Waals surface area contributed by atoms with Crippen LogP contribution in [0, 0.1) is 0 Å². The highest BCUT2D eigenvalue weighted by Gasteiger charge is 2.12. The van der Waals surface area contributed by atoms with Crippen LogP contribution in [0.4, 0.5) is 0 Å². The lowest BCUT2D eigenvalue weighted by Gasteiger charge is -2.10. The van der Waals surface area contributed by atoms with E-state index in [-0.39, 0.29) is 12.3 Å². The van der Waals surface area contributed by atoms with E-state index < -0.39 is 0 Å². The SMILES string of the molecule is COc1ccccc1CC(=O)NCc1nccnc1-c1cnn(C)c1. The van der Waals surface area contributed by atoms with Gasteiger partial charge in [-0.05, 0) is 6.07 Å². The van der Waals surface area contributed by atoms with Crippen LogP contribution in [-0.2, 0) is 24.8 Å². The average molecular weight is 337 g/mol. The third-order valence-corrected chi connectivity index (χ3v) is 3.75. The fourth-order valence-corrected chi connectivity index (χ4v) is 2.55. The zero-order valence-electron chi connectivity index (χ0n) is 14.1. The normalized spacial score (nSPS) is 10.5. The van der Waals surface area contributed by atoms with E-state index in [2.05, 4.69) is 20.4 Å². The van der Waals surface area contributed by atoms with Crippen molar-refractivity contribution in [3.63, 3.8) is 0 Å². The summed E-state index contributed by atoms with van der Waals surface area (Å²) in [5.74, 6) is 0.598. The largest absolute Gasteiger partial charge is 0.496 e. The molecule has 0 saturated heterocycles. The molecule has 25 heavy (non-hydrogen) atoms. The van der Waals surface area contributed by atoms with Crippen LogP contribution >= 0.6 is 0 Å². The van der Waals surface area contributed by atoms with Crippen molar-refractivity contribution in [1.82, 2.24) is 25.1 Å². The molecule has 0 unspecified atom stereocenters. The Labute approximate surface area is 145 Å². The smallest absolute Gasteiger partial charge is 0.224 e. The molecule has 3 aromatic rings. The van der Waals surface area contributed by atoms with E-state index in [1.807, 2.05) is 37.5 Å². The van der Waals surface area contributed by atoms with Crippen LogP contribution in [0.25, 0.3) is 11.3 Å². The summed E-state index contributed by atoms with van der Waals surface area (Å²) in [5, 5.41) is 7.04. The van der Waals surface area contributed by atoms with Gasteiger partial charge in [0.2, 0.25) is 5.91 Å². The van der Waals surface area contributed by atoms with Gasteiger partial charge in [0.15, 0.2) is 0 Å². The van der Waals surface area contributed by atoms with Crippen LogP contribution in [0.2, 0.25) is 0 Å². The predicted octanol–water partition coefficient (Wildman–Crippen LogP) is 1.74. The van der Waals surface area contributed by atoms with Crippen LogP contribution in [0.15, 0.2) is 49.1 Å². The number of nitrogens with one attached hydrogen (secondary N) is 1. The number of rotatable bonds is 6.